The molecule has 1 aliphatic heterocycles. The van der Waals surface area contributed by atoms with E-state index in [-0.39, 0.29) is 17.3 Å². The lowest BCUT2D eigenvalue weighted by molar-refractivity contribution is -0.136. The Morgan fingerprint density at radius 1 is 1.24 bits per heavy atom. The van der Waals surface area contributed by atoms with Crippen LogP contribution in [0.5, 0.6) is 0 Å². The van der Waals surface area contributed by atoms with E-state index in [1.165, 1.54) is 6.07 Å². The van der Waals surface area contributed by atoms with Gasteiger partial charge >= 0.3 is 6.18 Å². The molecule has 1 amide bonds. The lowest BCUT2D eigenvalue weighted by Gasteiger charge is -2.25. The Kier molecular flexibility index (Phi) is 3.41. The first kappa shape index (κ1) is 16.4. The van der Waals surface area contributed by atoms with E-state index in [1.807, 2.05) is 0 Å². The lowest BCUT2D eigenvalue weighted by atomic mass is 9.95. The first-order chi connectivity index (χ1) is 11.7. The Labute approximate surface area is 142 Å². The Bertz CT molecular complexity index is 832. The van der Waals surface area contributed by atoms with E-state index in [1.54, 1.807) is 19.9 Å². The number of hydrogen-bond acceptors (Lipinski definition) is 3. The van der Waals surface area contributed by atoms with Crippen LogP contribution in [0.2, 0.25) is 0 Å². The van der Waals surface area contributed by atoms with Crippen LogP contribution in [0.3, 0.4) is 0 Å². The van der Waals surface area contributed by atoms with Gasteiger partial charge in [0.15, 0.2) is 0 Å². The number of rotatable bonds is 3. The number of hydrogen-bond donors (Lipinski definition) is 3. The number of benzene rings is 1. The first-order valence-electron chi connectivity index (χ1n) is 8.27. The van der Waals surface area contributed by atoms with Gasteiger partial charge in [-0.2, -0.15) is 18.3 Å². The number of H-pyrrole nitrogens is 1. The molecular weight excluding hydrogens is 333 g/mol. The van der Waals surface area contributed by atoms with E-state index in [0.29, 0.717) is 22.9 Å². The maximum atomic E-state index is 13.2. The van der Waals surface area contributed by atoms with Crippen molar-refractivity contribution in [2.45, 2.75) is 25.6 Å². The van der Waals surface area contributed by atoms with Gasteiger partial charge in [-0.1, -0.05) is 12.1 Å². The van der Waals surface area contributed by atoms with Crippen LogP contribution in [0.25, 0.3) is 10.9 Å². The van der Waals surface area contributed by atoms with Crippen molar-refractivity contribution in [1.82, 2.24) is 20.8 Å². The fourth-order valence-corrected chi connectivity index (χ4v) is 4.01. The zero-order valence-electron chi connectivity index (χ0n) is 13.9. The summed E-state index contributed by atoms with van der Waals surface area (Å²) in [4.78, 5) is 12.5. The summed E-state index contributed by atoms with van der Waals surface area (Å²) in [5.74, 6) is 0.702. The van der Waals surface area contributed by atoms with E-state index < -0.39 is 17.3 Å². The average Bonchev–Trinajstić information content (AvgIpc) is 2.89. The van der Waals surface area contributed by atoms with Crippen LogP contribution in [-0.2, 0) is 16.5 Å². The van der Waals surface area contributed by atoms with Crippen molar-refractivity contribution in [3.8, 4) is 0 Å². The molecule has 0 unspecified atom stereocenters. The van der Waals surface area contributed by atoms with Crippen molar-refractivity contribution < 1.29 is 18.0 Å². The summed E-state index contributed by atoms with van der Waals surface area (Å²) in [5, 5.41) is 13.2. The molecule has 1 aliphatic carbocycles. The normalized spacial score (nSPS) is 25.9. The van der Waals surface area contributed by atoms with E-state index >= 15 is 0 Å². The van der Waals surface area contributed by atoms with Gasteiger partial charge in [-0.05, 0) is 44.8 Å². The Morgan fingerprint density at radius 2 is 1.92 bits per heavy atom. The third-order valence-corrected chi connectivity index (χ3v) is 5.33. The minimum Gasteiger partial charge on any atom is -0.345 e. The Hall–Kier alpha value is -2.09. The van der Waals surface area contributed by atoms with Gasteiger partial charge in [-0.25, -0.2) is 0 Å². The summed E-state index contributed by atoms with van der Waals surface area (Å²) in [6.45, 7) is 5.22. The number of halogens is 3. The predicted octanol–water partition coefficient (Wildman–Crippen LogP) is 2.40. The molecule has 5 nitrogen and oxygen atoms in total. The number of para-hydroxylation sites is 1. The third-order valence-electron chi connectivity index (χ3n) is 5.33. The molecule has 0 radical (unpaired) electrons. The van der Waals surface area contributed by atoms with E-state index in [2.05, 4.69) is 20.8 Å². The molecule has 0 bridgehead atoms. The number of carbonyl (C=O) groups excluding carboxylic acids is 1. The van der Waals surface area contributed by atoms with Crippen LogP contribution in [0.1, 0.15) is 25.1 Å². The zero-order chi connectivity index (χ0) is 18.0. The molecule has 25 heavy (non-hydrogen) atoms. The highest BCUT2D eigenvalue weighted by molar-refractivity contribution is 5.87. The van der Waals surface area contributed by atoms with Crippen LogP contribution in [0.4, 0.5) is 13.2 Å². The second-order valence-electron chi connectivity index (χ2n) is 7.42. The molecule has 1 aromatic heterocycles. The number of alkyl halides is 3. The van der Waals surface area contributed by atoms with Gasteiger partial charge < -0.3 is 10.6 Å². The molecule has 8 heteroatoms. The van der Waals surface area contributed by atoms with Gasteiger partial charge in [-0.3, -0.25) is 9.89 Å². The maximum absolute atomic E-state index is 13.2. The molecule has 1 saturated carbocycles. The van der Waals surface area contributed by atoms with Crippen molar-refractivity contribution in [3.63, 3.8) is 0 Å². The van der Waals surface area contributed by atoms with Gasteiger partial charge in [-0.15, -0.1) is 0 Å². The van der Waals surface area contributed by atoms with E-state index in [9.17, 15) is 18.0 Å². The molecule has 1 saturated heterocycles. The van der Waals surface area contributed by atoms with E-state index in [0.717, 1.165) is 19.2 Å². The number of nitrogens with zero attached hydrogens (tertiary/aromatic N) is 1. The summed E-state index contributed by atoms with van der Waals surface area (Å²) in [7, 11) is 0. The van der Waals surface area contributed by atoms with E-state index in [4.69, 9.17) is 0 Å². The fourth-order valence-electron chi connectivity index (χ4n) is 4.01. The largest absolute Gasteiger partial charge is 0.418 e. The maximum Gasteiger partial charge on any atom is 0.418 e. The summed E-state index contributed by atoms with van der Waals surface area (Å²) in [5.41, 5.74) is -1.27. The molecule has 2 aromatic rings. The first-order valence-corrected chi connectivity index (χ1v) is 8.27. The van der Waals surface area contributed by atoms with Crippen LogP contribution in [0, 0.1) is 17.8 Å². The SMILES string of the molecule is CC(C)(NC(=O)[C@H]1[C@@H]2CNC[C@@H]21)c1n[nH]c2c(C(F)(F)F)cccc12. The molecular formula is C17H19F3N4O. The number of piperidine rings is 1. The van der Waals surface area contributed by atoms with Crippen LogP contribution in [0.15, 0.2) is 18.2 Å². The molecule has 3 atom stereocenters. The number of nitrogens with one attached hydrogen (secondary N) is 3. The van der Waals surface area contributed by atoms with Gasteiger partial charge in [0.1, 0.15) is 0 Å². The monoisotopic (exact) mass is 352 g/mol. The smallest absolute Gasteiger partial charge is 0.345 e. The standard InChI is InChI=1S/C17H19F3N4O/c1-16(2,22-15(25)12-9-6-21-7-10(9)12)14-8-4-3-5-11(17(18,19)20)13(8)23-24-14/h3-5,9-10,12,21H,6-7H2,1-2H3,(H,22,25)(H,23,24)/t9-,10+,12+. The molecule has 0 spiro atoms. The minimum atomic E-state index is -4.46. The molecule has 3 N–H and O–H groups in total. The number of amides is 1. The molecule has 2 fully saturated rings. The topological polar surface area (TPSA) is 69.8 Å². The van der Waals surface area contributed by atoms with Gasteiger partial charge in [0.05, 0.1) is 22.3 Å². The van der Waals surface area contributed by atoms with Crippen molar-refractivity contribution in [2.75, 3.05) is 13.1 Å². The summed E-state index contributed by atoms with van der Waals surface area (Å²) >= 11 is 0. The Balaban J connectivity index is 1.63. The molecule has 2 aliphatic rings. The fraction of sp³-hybridized carbons (Fsp3) is 0.529. The zero-order valence-corrected chi connectivity index (χ0v) is 13.9. The van der Waals surface area contributed by atoms with Crippen molar-refractivity contribution >= 4 is 16.8 Å². The van der Waals surface area contributed by atoms with Crippen LogP contribution < -0.4 is 10.6 Å². The minimum absolute atomic E-state index is 0.00327. The molecule has 1 aromatic carbocycles. The average molecular weight is 352 g/mol. The van der Waals surface area contributed by atoms with Crippen molar-refractivity contribution in [3.05, 3.63) is 29.5 Å². The van der Waals surface area contributed by atoms with Gasteiger partial charge in [0, 0.05) is 11.3 Å². The molecule has 2 heterocycles. The summed E-state index contributed by atoms with van der Waals surface area (Å²) in [6, 6.07) is 3.97. The predicted molar refractivity (Wildman–Crippen MR) is 85.6 cm³/mol. The molecule has 134 valence electrons. The second kappa shape index (κ2) is 5.20. The second-order valence-corrected chi connectivity index (χ2v) is 7.42. The lowest BCUT2D eigenvalue weighted by Crippen LogP contribution is -2.43. The van der Waals surface area contributed by atoms with Crippen LogP contribution >= 0.6 is 0 Å². The third kappa shape index (κ3) is 2.59. The highest BCUT2D eigenvalue weighted by Crippen LogP contribution is 2.49. The Morgan fingerprint density at radius 3 is 2.56 bits per heavy atom. The van der Waals surface area contributed by atoms with Crippen molar-refractivity contribution in [2.24, 2.45) is 17.8 Å². The summed E-state index contributed by atoms with van der Waals surface area (Å²) < 4.78 is 39.5. The number of fused-ring (bicyclic) bond motifs is 2. The van der Waals surface area contributed by atoms with Gasteiger partial charge in [0.25, 0.3) is 0 Å². The highest BCUT2D eigenvalue weighted by Gasteiger charge is 2.57. The summed E-state index contributed by atoms with van der Waals surface area (Å²) in [6.07, 6.45) is -4.46. The number of carbonyl (C=O) groups is 1. The quantitative estimate of drug-likeness (QED) is 0.794. The number of aromatic nitrogens is 2. The van der Waals surface area contributed by atoms with Gasteiger partial charge in [0.2, 0.25) is 5.91 Å². The molecule has 4 rings (SSSR count). The highest BCUT2D eigenvalue weighted by atomic mass is 19.4. The van der Waals surface area contributed by atoms with Crippen molar-refractivity contribution in [1.29, 1.82) is 0 Å². The van der Waals surface area contributed by atoms with Crippen LogP contribution in [-0.4, -0.2) is 29.2 Å². The number of aromatic amines is 1.